The Labute approximate surface area is 117 Å². The molecule has 0 amide bonds. The number of hydrogen-bond acceptors (Lipinski definition) is 7. The molecule has 2 aromatic heterocycles. The van der Waals surface area contributed by atoms with Crippen molar-refractivity contribution in [2.45, 2.75) is 0 Å². The molecule has 0 aliphatic carbocycles. The first kappa shape index (κ1) is 12.7. The molecule has 0 saturated heterocycles. The summed E-state index contributed by atoms with van der Waals surface area (Å²) in [6, 6.07) is 8.12. The molecular weight excluding hydrogens is 276 g/mol. The SMILES string of the molecule is O=c1oc2ccccc2c(Nc2ncccn2)c1[N+](=O)[O-]. The van der Waals surface area contributed by atoms with Gasteiger partial charge in [0.25, 0.3) is 0 Å². The lowest BCUT2D eigenvalue weighted by Crippen LogP contribution is -2.11. The molecule has 0 aliphatic rings. The van der Waals surface area contributed by atoms with Crippen LogP contribution in [-0.2, 0) is 0 Å². The number of hydrogen-bond donors (Lipinski definition) is 1. The van der Waals surface area contributed by atoms with E-state index in [9.17, 15) is 14.9 Å². The van der Waals surface area contributed by atoms with Crippen LogP contribution in [0.15, 0.2) is 51.9 Å². The van der Waals surface area contributed by atoms with Crippen molar-refractivity contribution in [3.05, 3.63) is 63.3 Å². The molecule has 0 atom stereocenters. The Morgan fingerprint density at radius 3 is 2.57 bits per heavy atom. The fourth-order valence-electron chi connectivity index (χ4n) is 1.91. The van der Waals surface area contributed by atoms with E-state index in [1.54, 1.807) is 30.3 Å². The van der Waals surface area contributed by atoms with E-state index in [1.165, 1.54) is 12.4 Å². The topological polar surface area (TPSA) is 111 Å². The first-order valence-corrected chi connectivity index (χ1v) is 5.91. The van der Waals surface area contributed by atoms with Crippen LogP contribution < -0.4 is 10.9 Å². The van der Waals surface area contributed by atoms with Crippen molar-refractivity contribution in [3.63, 3.8) is 0 Å². The van der Waals surface area contributed by atoms with E-state index in [2.05, 4.69) is 15.3 Å². The highest BCUT2D eigenvalue weighted by molar-refractivity contribution is 5.95. The van der Waals surface area contributed by atoms with E-state index in [0.717, 1.165) is 0 Å². The molecule has 0 spiro atoms. The number of fused-ring (bicyclic) bond motifs is 1. The van der Waals surface area contributed by atoms with E-state index in [4.69, 9.17) is 4.42 Å². The molecule has 1 aromatic carbocycles. The summed E-state index contributed by atoms with van der Waals surface area (Å²) in [5.74, 6) is 0.149. The zero-order valence-electron chi connectivity index (χ0n) is 10.5. The van der Waals surface area contributed by atoms with Gasteiger partial charge in [0.05, 0.1) is 4.92 Å². The van der Waals surface area contributed by atoms with Gasteiger partial charge >= 0.3 is 11.3 Å². The Balaban J connectivity index is 2.29. The van der Waals surface area contributed by atoms with Crippen molar-refractivity contribution in [2.24, 2.45) is 0 Å². The number of benzene rings is 1. The Morgan fingerprint density at radius 2 is 1.86 bits per heavy atom. The van der Waals surface area contributed by atoms with E-state index in [-0.39, 0.29) is 17.2 Å². The van der Waals surface area contributed by atoms with Gasteiger partial charge in [-0.1, -0.05) is 12.1 Å². The number of anilines is 2. The predicted octanol–water partition coefficient (Wildman–Crippen LogP) is 2.23. The molecule has 2 heterocycles. The van der Waals surface area contributed by atoms with Gasteiger partial charge in [-0.25, -0.2) is 14.8 Å². The van der Waals surface area contributed by atoms with Gasteiger partial charge in [-0.2, -0.15) is 0 Å². The summed E-state index contributed by atoms with van der Waals surface area (Å²) >= 11 is 0. The van der Waals surface area contributed by atoms with Crippen LogP contribution in [0.5, 0.6) is 0 Å². The van der Waals surface area contributed by atoms with Crippen LogP contribution in [0.2, 0.25) is 0 Å². The fraction of sp³-hybridized carbons (Fsp3) is 0. The standard InChI is InChI=1S/C13H8N4O4/c18-12-11(17(19)20)10(16-13-14-6-3-7-15-13)8-4-1-2-5-9(8)21-12/h1-7H,(H,14,15,16). The zero-order chi connectivity index (χ0) is 14.8. The molecule has 0 aliphatic heterocycles. The molecule has 1 N–H and O–H groups in total. The summed E-state index contributed by atoms with van der Waals surface area (Å²) in [5.41, 5.74) is -1.46. The highest BCUT2D eigenvalue weighted by Crippen LogP contribution is 2.31. The smallest absolute Gasteiger partial charge is 0.417 e. The number of nitrogens with zero attached hydrogens (tertiary/aromatic N) is 3. The molecule has 0 bridgehead atoms. The van der Waals surface area contributed by atoms with Crippen LogP contribution in [0, 0.1) is 10.1 Å². The van der Waals surface area contributed by atoms with Crippen LogP contribution in [0.25, 0.3) is 11.0 Å². The van der Waals surface area contributed by atoms with Crippen molar-refractivity contribution in [1.82, 2.24) is 9.97 Å². The number of nitro groups is 1. The molecule has 3 aromatic rings. The number of aromatic nitrogens is 2. The molecule has 3 rings (SSSR count). The fourth-order valence-corrected chi connectivity index (χ4v) is 1.91. The maximum absolute atomic E-state index is 11.8. The van der Waals surface area contributed by atoms with Crippen molar-refractivity contribution >= 4 is 28.3 Å². The van der Waals surface area contributed by atoms with Gasteiger partial charge in [0, 0.05) is 17.8 Å². The summed E-state index contributed by atoms with van der Waals surface area (Å²) in [7, 11) is 0. The maximum Gasteiger partial charge on any atom is 0.417 e. The number of para-hydroxylation sites is 1. The average Bonchev–Trinajstić information content (AvgIpc) is 2.47. The van der Waals surface area contributed by atoms with Gasteiger partial charge in [0.1, 0.15) is 11.3 Å². The molecule has 0 radical (unpaired) electrons. The van der Waals surface area contributed by atoms with Crippen molar-refractivity contribution in [2.75, 3.05) is 5.32 Å². The lowest BCUT2D eigenvalue weighted by atomic mass is 10.2. The second-order valence-electron chi connectivity index (χ2n) is 4.06. The molecular formula is C13H8N4O4. The van der Waals surface area contributed by atoms with Crippen LogP contribution in [-0.4, -0.2) is 14.9 Å². The highest BCUT2D eigenvalue weighted by atomic mass is 16.6. The summed E-state index contributed by atoms with van der Waals surface area (Å²) < 4.78 is 4.95. The van der Waals surface area contributed by atoms with E-state index < -0.39 is 16.2 Å². The third-order valence-electron chi connectivity index (χ3n) is 2.77. The monoisotopic (exact) mass is 284 g/mol. The van der Waals surface area contributed by atoms with Crippen LogP contribution in [0.3, 0.4) is 0 Å². The third kappa shape index (κ3) is 2.29. The molecule has 0 saturated carbocycles. The summed E-state index contributed by atoms with van der Waals surface area (Å²) in [6.07, 6.45) is 2.96. The molecule has 8 heteroatoms. The minimum Gasteiger partial charge on any atom is -0.418 e. The predicted molar refractivity (Wildman–Crippen MR) is 74.5 cm³/mol. The lowest BCUT2D eigenvalue weighted by molar-refractivity contribution is -0.386. The van der Waals surface area contributed by atoms with E-state index in [0.29, 0.717) is 5.39 Å². The van der Waals surface area contributed by atoms with Crippen molar-refractivity contribution < 1.29 is 9.34 Å². The van der Waals surface area contributed by atoms with Gasteiger partial charge < -0.3 is 9.73 Å². The molecule has 0 unspecified atom stereocenters. The molecule has 21 heavy (non-hydrogen) atoms. The van der Waals surface area contributed by atoms with Gasteiger partial charge in [-0.3, -0.25) is 10.1 Å². The van der Waals surface area contributed by atoms with Crippen LogP contribution in [0.4, 0.5) is 17.3 Å². The van der Waals surface area contributed by atoms with Crippen LogP contribution >= 0.6 is 0 Å². The van der Waals surface area contributed by atoms with E-state index in [1.807, 2.05) is 0 Å². The van der Waals surface area contributed by atoms with Crippen molar-refractivity contribution in [3.8, 4) is 0 Å². The second kappa shape index (κ2) is 5.00. The third-order valence-corrected chi connectivity index (χ3v) is 2.77. The van der Waals surface area contributed by atoms with Gasteiger partial charge in [0.2, 0.25) is 5.95 Å². The normalized spacial score (nSPS) is 10.5. The Morgan fingerprint density at radius 1 is 1.14 bits per heavy atom. The quantitative estimate of drug-likeness (QED) is 0.446. The number of rotatable bonds is 3. The average molecular weight is 284 g/mol. The Hall–Kier alpha value is -3.29. The maximum atomic E-state index is 11.8. The van der Waals surface area contributed by atoms with Crippen LogP contribution in [0.1, 0.15) is 0 Å². The molecule has 0 fully saturated rings. The number of nitrogens with one attached hydrogen (secondary N) is 1. The largest absolute Gasteiger partial charge is 0.418 e. The first-order chi connectivity index (χ1) is 10.2. The summed E-state index contributed by atoms with van der Waals surface area (Å²) in [6.45, 7) is 0. The van der Waals surface area contributed by atoms with Crippen molar-refractivity contribution in [1.29, 1.82) is 0 Å². The van der Waals surface area contributed by atoms with Gasteiger partial charge in [0.15, 0.2) is 0 Å². The Kier molecular flexibility index (Phi) is 3.03. The Bertz CT molecular complexity index is 876. The summed E-state index contributed by atoms with van der Waals surface area (Å²) in [5, 5.41) is 14.3. The lowest BCUT2D eigenvalue weighted by Gasteiger charge is -2.07. The minimum atomic E-state index is -1.03. The minimum absolute atomic E-state index is 0.0121. The summed E-state index contributed by atoms with van der Waals surface area (Å²) in [4.78, 5) is 30.0. The first-order valence-electron chi connectivity index (χ1n) is 5.91. The zero-order valence-corrected chi connectivity index (χ0v) is 10.5. The van der Waals surface area contributed by atoms with Gasteiger partial charge in [-0.05, 0) is 18.2 Å². The molecule has 104 valence electrons. The molecule has 8 nitrogen and oxygen atoms in total. The van der Waals surface area contributed by atoms with Gasteiger partial charge in [-0.15, -0.1) is 0 Å². The van der Waals surface area contributed by atoms with E-state index >= 15 is 0 Å². The highest BCUT2D eigenvalue weighted by Gasteiger charge is 2.25. The second-order valence-corrected chi connectivity index (χ2v) is 4.06.